The van der Waals surface area contributed by atoms with E-state index in [1.807, 2.05) is 18.2 Å². The summed E-state index contributed by atoms with van der Waals surface area (Å²) in [6.45, 7) is 2.96. The second-order valence-electron chi connectivity index (χ2n) is 6.28. The highest BCUT2D eigenvalue weighted by Gasteiger charge is 2.28. The number of hydrogen-bond donors (Lipinski definition) is 1. The molecule has 1 aromatic carbocycles. The van der Waals surface area contributed by atoms with Crippen LogP contribution in [0.3, 0.4) is 0 Å². The summed E-state index contributed by atoms with van der Waals surface area (Å²) < 4.78 is 0. The average Bonchev–Trinajstić information content (AvgIpc) is 2.52. The first-order valence-electron chi connectivity index (χ1n) is 8.02. The van der Waals surface area contributed by atoms with Crippen molar-refractivity contribution < 1.29 is 4.79 Å². The van der Waals surface area contributed by atoms with E-state index in [1.165, 1.54) is 24.8 Å². The normalized spacial score (nSPS) is 23.3. The minimum absolute atomic E-state index is 0. The van der Waals surface area contributed by atoms with Gasteiger partial charge in [-0.1, -0.05) is 36.8 Å². The third-order valence-corrected chi connectivity index (χ3v) is 4.72. The SMILES string of the molecule is Cl.NC1=C(CN2CCCCC2)C(=O)CC(c2ccccc2)C1. The molecule has 120 valence electrons. The number of piperidine rings is 1. The van der Waals surface area contributed by atoms with Crippen molar-refractivity contribution in [1.82, 2.24) is 4.90 Å². The third-order valence-electron chi connectivity index (χ3n) is 4.72. The van der Waals surface area contributed by atoms with Crippen molar-refractivity contribution in [2.45, 2.75) is 38.0 Å². The highest BCUT2D eigenvalue weighted by atomic mass is 35.5. The summed E-state index contributed by atoms with van der Waals surface area (Å²) in [6.07, 6.45) is 5.23. The van der Waals surface area contributed by atoms with Crippen molar-refractivity contribution >= 4 is 18.2 Å². The van der Waals surface area contributed by atoms with Gasteiger partial charge in [-0.2, -0.15) is 0 Å². The molecule has 1 aromatic rings. The number of ketones is 1. The van der Waals surface area contributed by atoms with Crippen LogP contribution in [0.25, 0.3) is 0 Å². The lowest BCUT2D eigenvalue weighted by Gasteiger charge is -2.31. The lowest BCUT2D eigenvalue weighted by molar-refractivity contribution is -0.116. The Morgan fingerprint density at radius 3 is 2.36 bits per heavy atom. The first-order valence-corrected chi connectivity index (χ1v) is 8.02. The predicted molar refractivity (Wildman–Crippen MR) is 92.2 cm³/mol. The molecule has 1 unspecified atom stereocenters. The van der Waals surface area contributed by atoms with Crippen LogP contribution in [-0.4, -0.2) is 30.3 Å². The monoisotopic (exact) mass is 320 g/mol. The molecule has 22 heavy (non-hydrogen) atoms. The molecule has 1 saturated heterocycles. The van der Waals surface area contributed by atoms with Gasteiger partial charge in [-0.3, -0.25) is 9.69 Å². The molecule has 0 amide bonds. The van der Waals surface area contributed by atoms with Crippen LogP contribution in [0.15, 0.2) is 41.6 Å². The Balaban J connectivity index is 0.00000176. The van der Waals surface area contributed by atoms with Gasteiger partial charge in [0.15, 0.2) is 5.78 Å². The van der Waals surface area contributed by atoms with Crippen LogP contribution in [0.1, 0.15) is 43.6 Å². The highest BCUT2D eigenvalue weighted by molar-refractivity contribution is 5.98. The number of halogens is 1. The Hall–Kier alpha value is -1.32. The van der Waals surface area contributed by atoms with Gasteiger partial charge in [-0.05, 0) is 43.8 Å². The predicted octanol–water partition coefficient (Wildman–Crippen LogP) is 3.25. The highest BCUT2D eigenvalue weighted by Crippen LogP contribution is 2.33. The van der Waals surface area contributed by atoms with E-state index in [0.29, 0.717) is 6.42 Å². The lowest BCUT2D eigenvalue weighted by Crippen LogP contribution is -2.35. The minimum Gasteiger partial charge on any atom is -0.402 e. The minimum atomic E-state index is 0. The number of nitrogens with two attached hydrogens (primary N) is 1. The van der Waals surface area contributed by atoms with Crippen molar-refractivity contribution in [1.29, 1.82) is 0 Å². The maximum absolute atomic E-state index is 12.5. The zero-order valence-corrected chi connectivity index (χ0v) is 13.8. The summed E-state index contributed by atoms with van der Waals surface area (Å²) in [7, 11) is 0. The standard InChI is InChI=1S/C18H24N2O.ClH/c19-17-11-15(14-7-3-1-4-8-14)12-18(21)16(17)13-20-9-5-2-6-10-20;/h1,3-4,7-8,15H,2,5-6,9-13,19H2;1H. The molecule has 0 radical (unpaired) electrons. The van der Waals surface area contributed by atoms with Gasteiger partial charge < -0.3 is 5.73 Å². The van der Waals surface area contributed by atoms with E-state index in [1.54, 1.807) is 0 Å². The molecule has 2 aliphatic rings. The molecule has 3 rings (SSSR count). The number of rotatable bonds is 3. The van der Waals surface area contributed by atoms with Gasteiger partial charge in [0.05, 0.1) is 0 Å². The molecule has 1 atom stereocenters. The molecule has 1 aliphatic heterocycles. The van der Waals surface area contributed by atoms with Gasteiger partial charge >= 0.3 is 0 Å². The topological polar surface area (TPSA) is 46.3 Å². The zero-order valence-electron chi connectivity index (χ0n) is 13.0. The largest absolute Gasteiger partial charge is 0.402 e. The molecule has 0 bridgehead atoms. The lowest BCUT2D eigenvalue weighted by atomic mass is 9.82. The maximum Gasteiger partial charge on any atom is 0.162 e. The Kier molecular flexibility index (Phi) is 6.04. The molecule has 3 nitrogen and oxygen atoms in total. The fourth-order valence-corrected chi connectivity index (χ4v) is 3.48. The number of benzene rings is 1. The van der Waals surface area contributed by atoms with Gasteiger partial charge in [-0.15, -0.1) is 12.4 Å². The number of nitrogens with zero attached hydrogens (tertiary/aromatic N) is 1. The van der Waals surface area contributed by atoms with Crippen molar-refractivity contribution in [3.8, 4) is 0 Å². The number of Topliss-reactive ketones (excluding diaryl/α,β-unsaturated/α-hetero) is 1. The number of carbonyl (C=O) groups is 1. The number of allylic oxidation sites excluding steroid dienone is 1. The smallest absolute Gasteiger partial charge is 0.162 e. The van der Waals surface area contributed by atoms with Crippen LogP contribution in [0.4, 0.5) is 0 Å². The van der Waals surface area contributed by atoms with Crippen molar-refractivity contribution in [3.05, 3.63) is 47.2 Å². The van der Waals surface area contributed by atoms with Crippen LogP contribution in [0.5, 0.6) is 0 Å². The van der Waals surface area contributed by atoms with Crippen molar-refractivity contribution in [2.24, 2.45) is 5.73 Å². The van der Waals surface area contributed by atoms with Crippen LogP contribution < -0.4 is 5.73 Å². The van der Waals surface area contributed by atoms with Gasteiger partial charge in [0.2, 0.25) is 0 Å². The second-order valence-corrected chi connectivity index (χ2v) is 6.28. The summed E-state index contributed by atoms with van der Waals surface area (Å²) in [5.74, 6) is 0.502. The summed E-state index contributed by atoms with van der Waals surface area (Å²) in [5.41, 5.74) is 9.16. The Bertz CT molecular complexity index is 535. The molecule has 0 spiro atoms. The molecule has 1 aliphatic carbocycles. The van der Waals surface area contributed by atoms with Crippen molar-refractivity contribution in [3.63, 3.8) is 0 Å². The molecular weight excluding hydrogens is 296 g/mol. The fourth-order valence-electron chi connectivity index (χ4n) is 3.48. The molecule has 1 heterocycles. The van der Waals surface area contributed by atoms with E-state index in [4.69, 9.17) is 5.73 Å². The van der Waals surface area contributed by atoms with Crippen LogP contribution in [0, 0.1) is 0 Å². The maximum atomic E-state index is 12.5. The van der Waals surface area contributed by atoms with Crippen LogP contribution in [-0.2, 0) is 4.79 Å². The summed E-state index contributed by atoms with van der Waals surface area (Å²) in [4.78, 5) is 14.9. The van der Waals surface area contributed by atoms with E-state index in [9.17, 15) is 4.79 Å². The summed E-state index contributed by atoms with van der Waals surface area (Å²) in [5, 5.41) is 0. The van der Waals surface area contributed by atoms with Gasteiger partial charge in [0.1, 0.15) is 0 Å². The first-order chi connectivity index (χ1) is 10.2. The van der Waals surface area contributed by atoms with E-state index in [-0.39, 0.29) is 24.1 Å². The number of hydrogen-bond acceptors (Lipinski definition) is 3. The van der Waals surface area contributed by atoms with Gasteiger partial charge in [0, 0.05) is 24.2 Å². The van der Waals surface area contributed by atoms with Gasteiger partial charge in [-0.25, -0.2) is 0 Å². The quantitative estimate of drug-likeness (QED) is 0.930. The molecule has 0 aromatic heterocycles. The van der Waals surface area contributed by atoms with Crippen LogP contribution in [0.2, 0.25) is 0 Å². The molecule has 1 fully saturated rings. The Labute approximate surface area is 139 Å². The molecule has 4 heteroatoms. The fraction of sp³-hybridized carbons (Fsp3) is 0.500. The summed E-state index contributed by atoms with van der Waals surface area (Å²) >= 11 is 0. The number of carbonyl (C=O) groups excluding carboxylic acids is 1. The molecular formula is C18H25ClN2O. The van der Waals surface area contributed by atoms with Crippen molar-refractivity contribution in [2.75, 3.05) is 19.6 Å². The zero-order chi connectivity index (χ0) is 14.7. The first kappa shape index (κ1) is 17.0. The average molecular weight is 321 g/mol. The summed E-state index contributed by atoms with van der Waals surface area (Å²) in [6, 6.07) is 10.3. The van der Waals surface area contributed by atoms with E-state index in [0.717, 1.165) is 37.3 Å². The van der Waals surface area contributed by atoms with E-state index < -0.39 is 0 Å². The second kappa shape index (κ2) is 7.80. The van der Waals surface area contributed by atoms with Crippen LogP contribution >= 0.6 is 12.4 Å². The molecule has 2 N–H and O–H groups in total. The Morgan fingerprint density at radius 2 is 1.73 bits per heavy atom. The third kappa shape index (κ3) is 3.90. The Morgan fingerprint density at radius 1 is 1.05 bits per heavy atom. The van der Waals surface area contributed by atoms with Gasteiger partial charge in [0.25, 0.3) is 0 Å². The molecule has 0 saturated carbocycles. The number of likely N-dealkylation sites (tertiary alicyclic amines) is 1. The van der Waals surface area contributed by atoms with E-state index >= 15 is 0 Å². The van der Waals surface area contributed by atoms with E-state index in [2.05, 4.69) is 17.0 Å².